The van der Waals surface area contributed by atoms with Crippen molar-refractivity contribution in [3.8, 4) is 0 Å². The van der Waals surface area contributed by atoms with E-state index in [-0.39, 0.29) is 5.91 Å². The first-order valence-electron chi connectivity index (χ1n) is 6.00. The summed E-state index contributed by atoms with van der Waals surface area (Å²) in [5.74, 6) is 5.06. The van der Waals surface area contributed by atoms with Crippen LogP contribution in [-0.4, -0.2) is 23.9 Å². The topological polar surface area (TPSA) is 71.5 Å². The molecule has 17 heavy (non-hydrogen) atoms. The molecule has 1 aromatic rings. The van der Waals surface area contributed by atoms with Crippen LogP contribution in [0.4, 0.5) is 0 Å². The Morgan fingerprint density at radius 1 is 1.59 bits per heavy atom. The summed E-state index contributed by atoms with van der Waals surface area (Å²) in [6.07, 6.45) is 6.62. The van der Waals surface area contributed by atoms with E-state index in [9.17, 15) is 4.79 Å². The van der Waals surface area contributed by atoms with Gasteiger partial charge in [0, 0.05) is 18.2 Å². The molecule has 0 saturated heterocycles. The van der Waals surface area contributed by atoms with Crippen LogP contribution in [-0.2, 0) is 6.54 Å². The molecule has 1 fully saturated rings. The fourth-order valence-corrected chi connectivity index (χ4v) is 2.47. The number of hydrogen-bond acceptors (Lipinski definition) is 4. The molecule has 0 atom stereocenters. The molecule has 5 heteroatoms. The van der Waals surface area contributed by atoms with Gasteiger partial charge in [0.05, 0.1) is 6.26 Å². The average Bonchev–Trinajstić information content (AvgIpc) is 2.98. The van der Waals surface area contributed by atoms with Gasteiger partial charge in [0.15, 0.2) is 5.76 Å². The first kappa shape index (κ1) is 12.1. The number of furan rings is 1. The summed E-state index contributed by atoms with van der Waals surface area (Å²) < 4.78 is 5.16. The zero-order valence-electron chi connectivity index (χ0n) is 10.1. The Hall–Kier alpha value is -1.33. The highest BCUT2D eigenvalue weighted by atomic mass is 16.3. The lowest BCUT2D eigenvalue weighted by Crippen LogP contribution is -2.32. The van der Waals surface area contributed by atoms with Crippen LogP contribution in [0.1, 0.15) is 41.8 Å². The van der Waals surface area contributed by atoms with Crippen LogP contribution < -0.4 is 11.3 Å². The minimum Gasteiger partial charge on any atom is -0.459 e. The Labute approximate surface area is 101 Å². The van der Waals surface area contributed by atoms with E-state index in [1.807, 2.05) is 6.07 Å². The number of hydrogen-bond donors (Lipinski definition) is 2. The van der Waals surface area contributed by atoms with Gasteiger partial charge in [0.1, 0.15) is 0 Å². The number of nitrogens with zero attached hydrogens (tertiary/aromatic N) is 1. The van der Waals surface area contributed by atoms with E-state index in [0.717, 1.165) is 12.1 Å². The Balaban J connectivity index is 2.02. The fraction of sp³-hybridized carbons (Fsp3) is 0.583. The average molecular weight is 237 g/mol. The van der Waals surface area contributed by atoms with Gasteiger partial charge in [0.25, 0.3) is 0 Å². The van der Waals surface area contributed by atoms with E-state index in [2.05, 4.69) is 17.4 Å². The Kier molecular flexibility index (Phi) is 3.81. The maximum atomic E-state index is 11.4. The molecule has 0 radical (unpaired) electrons. The zero-order chi connectivity index (χ0) is 12.3. The fourth-order valence-electron chi connectivity index (χ4n) is 2.47. The molecule has 1 saturated carbocycles. The maximum Gasteiger partial charge on any atom is 0.301 e. The van der Waals surface area contributed by atoms with Gasteiger partial charge in [-0.15, -0.1) is 0 Å². The summed E-state index contributed by atoms with van der Waals surface area (Å²) in [7, 11) is 2.09. The predicted octanol–water partition coefficient (Wildman–Crippen LogP) is 1.26. The lowest BCUT2D eigenvalue weighted by molar-refractivity contribution is 0.0922. The molecule has 1 aliphatic carbocycles. The van der Waals surface area contributed by atoms with Gasteiger partial charge in [-0.05, 0) is 26.0 Å². The van der Waals surface area contributed by atoms with Gasteiger partial charge in [0.2, 0.25) is 0 Å². The molecule has 0 aliphatic heterocycles. The van der Waals surface area contributed by atoms with Crippen molar-refractivity contribution >= 4 is 5.91 Å². The second kappa shape index (κ2) is 5.33. The number of hydrazine groups is 1. The standard InChI is InChI=1S/C12H19N3O2/c1-15(10-4-2-3-5-10)8-9-6-7-17-11(9)12(16)14-13/h6-7,10H,2-5,8,13H2,1H3,(H,14,16). The number of carbonyl (C=O) groups is 1. The normalized spacial score (nSPS) is 16.6. The van der Waals surface area contributed by atoms with E-state index in [1.54, 1.807) is 0 Å². The van der Waals surface area contributed by atoms with Crippen molar-refractivity contribution in [2.24, 2.45) is 5.84 Å². The first-order valence-corrected chi connectivity index (χ1v) is 6.00. The highest BCUT2D eigenvalue weighted by Crippen LogP contribution is 2.24. The molecule has 2 rings (SSSR count). The van der Waals surface area contributed by atoms with Gasteiger partial charge in [-0.1, -0.05) is 12.8 Å². The van der Waals surface area contributed by atoms with Crippen molar-refractivity contribution in [1.82, 2.24) is 10.3 Å². The van der Waals surface area contributed by atoms with Gasteiger partial charge >= 0.3 is 5.91 Å². The highest BCUT2D eigenvalue weighted by Gasteiger charge is 2.22. The van der Waals surface area contributed by atoms with E-state index >= 15 is 0 Å². The molecule has 0 unspecified atom stereocenters. The predicted molar refractivity (Wildman–Crippen MR) is 64.1 cm³/mol. The van der Waals surface area contributed by atoms with E-state index in [1.165, 1.54) is 31.9 Å². The lowest BCUT2D eigenvalue weighted by Gasteiger charge is -2.23. The third kappa shape index (κ3) is 2.68. The number of rotatable bonds is 4. The van der Waals surface area contributed by atoms with E-state index < -0.39 is 0 Å². The molecular formula is C12H19N3O2. The monoisotopic (exact) mass is 237 g/mol. The Morgan fingerprint density at radius 3 is 2.94 bits per heavy atom. The Morgan fingerprint density at radius 2 is 2.29 bits per heavy atom. The van der Waals surface area contributed by atoms with Gasteiger partial charge in [-0.3, -0.25) is 15.1 Å². The number of nitrogen functional groups attached to an aromatic ring is 1. The van der Waals surface area contributed by atoms with Crippen molar-refractivity contribution in [3.63, 3.8) is 0 Å². The molecule has 1 heterocycles. The molecule has 1 aliphatic rings. The van der Waals surface area contributed by atoms with Crippen molar-refractivity contribution < 1.29 is 9.21 Å². The summed E-state index contributed by atoms with van der Waals surface area (Å²) >= 11 is 0. The molecule has 0 aromatic carbocycles. The molecule has 0 spiro atoms. The van der Waals surface area contributed by atoms with Crippen LogP contribution >= 0.6 is 0 Å². The molecule has 1 amide bonds. The summed E-state index contributed by atoms with van der Waals surface area (Å²) in [6.45, 7) is 0.726. The largest absolute Gasteiger partial charge is 0.459 e. The number of nitrogens with one attached hydrogen (secondary N) is 1. The minimum atomic E-state index is -0.371. The van der Waals surface area contributed by atoms with Crippen molar-refractivity contribution in [1.29, 1.82) is 0 Å². The van der Waals surface area contributed by atoms with Gasteiger partial charge in [-0.25, -0.2) is 5.84 Å². The van der Waals surface area contributed by atoms with Gasteiger partial charge in [-0.2, -0.15) is 0 Å². The lowest BCUT2D eigenvalue weighted by atomic mass is 10.1. The Bertz CT molecular complexity index is 383. The SMILES string of the molecule is CN(Cc1ccoc1C(=O)NN)C1CCCC1. The zero-order valence-corrected chi connectivity index (χ0v) is 10.1. The van der Waals surface area contributed by atoms with E-state index in [4.69, 9.17) is 10.3 Å². The van der Waals surface area contributed by atoms with Crippen LogP contribution in [0.25, 0.3) is 0 Å². The number of carbonyl (C=O) groups excluding carboxylic acids is 1. The second-order valence-electron chi connectivity index (χ2n) is 4.60. The third-order valence-electron chi connectivity index (χ3n) is 3.45. The quantitative estimate of drug-likeness (QED) is 0.470. The van der Waals surface area contributed by atoms with Crippen LogP contribution in [0, 0.1) is 0 Å². The molecule has 0 bridgehead atoms. The summed E-state index contributed by atoms with van der Waals surface area (Å²) in [6, 6.07) is 2.45. The molecule has 94 valence electrons. The number of amides is 1. The van der Waals surface area contributed by atoms with E-state index in [0.29, 0.717) is 11.8 Å². The van der Waals surface area contributed by atoms with Gasteiger partial charge < -0.3 is 4.42 Å². The van der Waals surface area contributed by atoms with Crippen molar-refractivity contribution in [2.75, 3.05) is 7.05 Å². The van der Waals surface area contributed by atoms with Crippen LogP contribution in [0.2, 0.25) is 0 Å². The third-order valence-corrected chi connectivity index (χ3v) is 3.45. The maximum absolute atomic E-state index is 11.4. The number of nitrogens with two attached hydrogens (primary N) is 1. The van der Waals surface area contributed by atoms with Crippen molar-refractivity contribution in [3.05, 3.63) is 23.7 Å². The molecule has 3 N–H and O–H groups in total. The second-order valence-corrected chi connectivity index (χ2v) is 4.60. The first-order chi connectivity index (χ1) is 8.22. The van der Waals surface area contributed by atoms with Crippen LogP contribution in [0.3, 0.4) is 0 Å². The van der Waals surface area contributed by atoms with Crippen molar-refractivity contribution in [2.45, 2.75) is 38.3 Å². The summed E-state index contributed by atoms with van der Waals surface area (Å²) in [5, 5.41) is 0. The summed E-state index contributed by atoms with van der Waals surface area (Å²) in [4.78, 5) is 13.7. The molecule has 1 aromatic heterocycles. The van der Waals surface area contributed by atoms with Crippen LogP contribution in [0.15, 0.2) is 16.7 Å². The molecule has 5 nitrogen and oxygen atoms in total. The minimum absolute atomic E-state index is 0.317. The smallest absolute Gasteiger partial charge is 0.301 e. The molecular weight excluding hydrogens is 218 g/mol. The van der Waals surface area contributed by atoms with Crippen LogP contribution in [0.5, 0.6) is 0 Å². The summed E-state index contributed by atoms with van der Waals surface area (Å²) in [5.41, 5.74) is 2.99. The highest BCUT2D eigenvalue weighted by molar-refractivity contribution is 5.92.